The fourth-order valence-corrected chi connectivity index (χ4v) is 4.46. The van der Waals surface area contributed by atoms with Gasteiger partial charge < -0.3 is 20.6 Å². The number of aliphatic hydroxyl groups excluding tert-OH is 1. The molecular formula is C23H25ClN10O. The normalized spacial score (nSPS) is 17.1. The minimum absolute atomic E-state index is 0.236. The zero-order valence-corrected chi connectivity index (χ0v) is 20.0. The highest BCUT2D eigenvalue weighted by molar-refractivity contribution is 6.36. The van der Waals surface area contributed by atoms with Gasteiger partial charge in [-0.1, -0.05) is 11.6 Å². The van der Waals surface area contributed by atoms with Crippen molar-refractivity contribution in [3.63, 3.8) is 0 Å². The van der Waals surface area contributed by atoms with Gasteiger partial charge in [-0.25, -0.2) is 4.98 Å². The van der Waals surface area contributed by atoms with E-state index in [1.807, 2.05) is 0 Å². The van der Waals surface area contributed by atoms with Crippen LogP contribution in [0.5, 0.6) is 0 Å². The third-order valence-corrected chi connectivity index (χ3v) is 6.46. The van der Waals surface area contributed by atoms with Crippen molar-refractivity contribution in [3.05, 3.63) is 34.6 Å². The summed E-state index contributed by atoms with van der Waals surface area (Å²) in [6, 6.07) is 8.07. The second-order valence-electron chi connectivity index (χ2n) is 8.92. The predicted molar refractivity (Wildman–Crippen MR) is 132 cm³/mol. The Morgan fingerprint density at radius 3 is 2.63 bits per heavy atom. The molecule has 1 saturated heterocycles. The van der Waals surface area contributed by atoms with Crippen molar-refractivity contribution < 1.29 is 5.11 Å². The van der Waals surface area contributed by atoms with E-state index >= 15 is 0 Å². The number of halogens is 1. The van der Waals surface area contributed by atoms with Crippen LogP contribution in [0.3, 0.4) is 0 Å². The summed E-state index contributed by atoms with van der Waals surface area (Å²) in [5.41, 5.74) is 2.48. The number of aromatic nitrogens is 4. The molecule has 1 aliphatic carbocycles. The van der Waals surface area contributed by atoms with Gasteiger partial charge in [0.25, 0.3) is 0 Å². The van der Waals surface area contributed by atoms with Crippen LogP contribution in [-0.2, 0) is 0 Å². The van der Waals surface area contributed by atoms with Crippen LogP contribution in [0.25, 0.3) is 5.65 Å². The van der Waals surface area contributed by atoms with E-state index in [4.69, 9.17) is 11.6 Å². The number of β-amino-alcohol motifs (C(OH)–C–C–N with tert-alkyl or cyclic N) is 1. The zero-order chi connectivity index (χ0) is 24.5. The Balaban J connectivity index is 1.46. The van der Waals surface area contributed by atoms with Crippen molar-refractivity contribution in [1.82, 2.24) is 24.5 Å². The van der Waals surface area contributed by atoms with Crippen LogP contribution >= 0.6 is 11.6 Å². The molecule has 1 saturated carbocycles. The third kappa shape index (κ3) is 4.93. The first-order valence-electron chi connectivity index (χ1n) is 11.5. The molecular weight excluding hydrogens is 468 g/mol. The molecule has 35 heavy (non-hydrogen) atoms. The monoisotopic (exact) mass is 492 g/mol. The molecule has 0 bridgehead atoms. The summed E-state index contributed by atoms with van der Waals surface area (Å²) in [5.74, 6) is 0.772. The highest BCUT2D eigenvalue weighted by atomic mass is 35.5. The van der Waals surface area contributed by atoms with Crippen molar-refractivity contribution in [2.24, 2.45) is 0 Å². The summed E-state index contributed by atoms with van der Waals surface area (Å²) in [5, 5.41) is 40.2. The van der Waals surface area contributed by atoms with E-state index in [-0.39, 0.29) is 17.7 Å². The van der Waals surface area contributed by atoms with Gasteiger partial charge in [-0.2, -0.15) is 20.0 Å². The lowest BCUT2D eigenvalue weighted by atomic mass is 10.1. The fraction of sp³-hybridized carbons (Fsp3) is 0.435. The SMILES string of the molecule is C[C@H](O)CN1CCN(c2cc(C#N)cc(Nc3nc(NC4CC4)c4ncc(C#N)n4n3)c2Cl)CC1. The number of hydrogen-bond donors (Lipinski definition) is 3. The van der Waals surface area contributed by atoms with Gasteiger partial charge in [0.2, 0.25) is 5.95 Å². The maximum Gasteiger partial charge on any atom is 0.247 e. The highest BCUT2D eigenvalue weighted by Gasteiger charge is 2.25. The first kappa shape index (κ1) is 23.1. The number of benzene rings is 1. The van der Waals surface area contributed by atoms with Gasteiger partial charge in [0.1, 0.15) is 6.07 Å². The van der Waals surface area contributed by atoms with Crippen LogP contribution < -0.4 is 15.5 Å². The molecule has 2 fully saturated rings. The maximum atomic E-state index is 9.67. The molecule has 5 rings (SSSR count). The standard InChI is InChI=1S/C23H25ClN10O/c1-14(35)13-32-4-6-33(7-5-32)19-9-15(10-25)8-18(20(19)24)29-23-30-21(28-16-2-3-16)22-27-12-17(11-26)34(22)31-23/h8-9,12,14,16,35H,2-7,13H2,1H3,(H2,28,29,30,31)/t14-/m0/s1. The van der Waals surface area contributed by atoms with E-state index in [2.05, 4.69) is 47.6 Å². The minimum atomic E-state index is -0.378. The number of imidazole rings is 1. The van der Waals surface area contributed by atoms with Gasteiger partial charge in [-0.15, -0.1) is 5.10 Å². The first-order valence-corrected chi connectivity index (χ1v) is 11.9. The second kappa shape index (κ2) is 9.55. The van der Waals surface area contributed by atoms with Gasteiger partial charge in [-0.3, -0.25) is 4.90 Å². The van der Waals surface area contributed by atoms with E-state index in [0.29, 0.717) is 40.3 Å². The van der Waals surface area contributed by atoms with Crippen LogP contribution in [0.4, 0.5) is 23.1 Å². The number of piperazine rings is 1. The number of nitrogens with one attached hydrogen (secondary N) is 2. The Kier molecular flexibility index (Phi) is 6.31. The number of hydrogen-bond acceptors (Lipinski definition) is 10. The molecule has 180 valence electrons. The van der Waals surface area contributed by atoms with Crippen molar-refractivity contribution in [2.45, 2.75) is 31.9 Å². The molecule has 3 N–H and O–H groups in total. The van der Waals surface area contributed by atoms with E-state index in [1.54, 1.807) is 19.1 Å². The van der Waals surface area contributed by atoms with Crippen LogP contribution in [0.2, 0.25) is 5.02 Å². The smallest absolute Gasteiger partial charge is 0.247 e. The molecule has 0 amide bonds. The minimum Gasteiger partial charge on any atom is -0.392 e. The van der Waals surface area contributed by atoms with E-state index < -0.39 is 0 Å². The summed E-state index contributed by atoms with van der Waals surface area (Å²) in [6.07, 6.45) is 3.18. The molecule has 1 atom stereocenters. The molecule has 1 aromatic carbocycles. The quantitative estimate of drug-likeness (QED) is 0.449. The van der Waals surface area contributed by atoms with Crippen molar-refractivity contribution in [3.8, 4) is 12.1 Å². The lowest BCUT2D eigenvalue weighted by Crippen LogP contribution is -2.48. The average Bonchev–Trinajstić information content (AvgIpc) is 3.56. The van der Waals surface area contributed by atoms with E-state index in [9.17, 15) is 15.6 Å². The maximum absolute atomic E-state index is 9.67. The van der Waals surface area contributed by atoms with Gasteiger partial charge in [0.05, 0.1) is 40.3 Å². The lowest BCUT2D eigenvalue weighted by Gasteiger charge is -2.37. The van der Waals surface area contributed by atoms with Gasteiger partial charge in [-0.05, 0) is 31.9 Å². The molecule has 2 aromatic heterocycles. The zero-order valence-electron chi connectivity index (χ0n) is 19.2. The van der Waals surface area contributed by atoms with Gasteiger partial charge in [0.15, 0.2) is 17.2 Å². The molecule has 12 heteroatoms. The van der Waals surface area contributed by atoms with Crippen molar-refractivity contribution in [1.29, 1.82) is 10.5 Å². The summed E-state index contributed by atoms with van der Waals surface area (Å²) in [7, 11) is 0. The topological polar surface area (TPSA) is 141 Å². The summed E-state index contributed by atoms with van der Waals surface area (Å²) < 4.78 is 1.45. The molecule has 0 unspecified atom stereocenters. The molecule has 0 radical (unpaired) electrons. The van der Waals surface area contributed by atoms with Crippen LogP contribution in [0, 0.1) is 22.7 Å². The Hall–Kier alpha value is -3.64. The second-order valence-corrected chi connectivity index (χ2v) is 9.30. The molecule has 2 aliphatic rings. The number of aliphatic hydroxyl groups is 1. The van der Waals surface area contributed by atoms with Gasteiger partial charge in [0, 0.05) is 38.8 Å². The first-order chi connectivity index (χ1) is 16.9. The van der Waals surface area contributed by atoms with Crippen molar-refractivity contribution >= 4 is 40.4 Å². The van der Waals surface area contributed by atoms with Gasteiger partial charge >= 0.3 is 0 Å². The Labute approximate surface area is 207 Å². The third-order valence-electron chi connectivity index (χ3n) is 6.06. The molecule has 3 aromatic rings. The number of nitriles is 2. The molecule has 11 nitrogen and oxygen atoms in total. The van der Waals surface area contributed by atoms with Crippen LogP contribution in [0.1, 0.15) is 31.0 Å². The molecule has 3 heterocycles. The summed E-state index contributed by atoms with van der Waals surface area (Å²) in [6.45, 7) is 5.43. The number of fused-ring (bicyclic) bond motifs is 1. The Bertz CT molecular complexity index is 1330. The number of anilines is 4. The molecule has 0 spiro atoms. The number of rotatable bonds is 7. The Morgan fingerprint density at radius 1 is 1.20 bits per heavy atom. The largest absolute Gasteiger partial charge is 0.392 e. The van der Waals surface area contributed by atoms with E-state index in [0.717, 1.165) is 44.7 Å². The Morgan fingerprint density at radius 2 is 1.97 bits per heavy atom. The van der Waals surface area contributed by atoms with Crippen LogP contribution in [-0.4, -0.2) is 74.5 Å². The average molecular weight is 493 g/mol. The van der Waals surface area contributed by atoms with E-state index in [1.165, 1.54) is 10.7 Å². The summed E-state index contributed by atoms with van der Waals surface area (Å²) in [4.78, 5) is 13.2. The fourth-order valence-electron chi connectivity index (χ4n) is 4.19. The van der Waals surface area contributed by atoms with Crippen LogP contribution in [0.15, 0.2) is 18.3 Å². The summed E-state index contributed by atoms with van der Waals surface area (Å²) >= 11 is 6.82. The molecule has 1 aliphatic heterocycles. The van der Waals surface area contributed by atoms with Crippen molar-refractivity contribution in [2.75, 3.05) is 48.3 Å². The lowest BCUT2D eigenvalue weighted by molar-refractivity contribution is 0.123. The number of nitrogens with zero attached hydrogens (tertiary/aromatic N) is 8. The predicted octanol–water partition coefficient (Wildman–Crippen LogP) is 2.34. The highest BCUT2D eigenvalue weighted by Crippen LogP contribution is 2.36.